The Morgan fingerprint density at radius 2 is 2.11 bits per heavy atom. The van der Waals surface area contributed by atoms with Crippen LogP contribution in [0.5, 0.6) is 0 Å². The van der Waals surface area contributed by atoms with Crippen LogP contribution in [-0.4, -0.2) is 32.7 Å². The highest BCUT2D eigenvalue weighted by molar-refractivity contribution is 8.00. The Balaban J connectivity index is 2.65. The van der Waals surface area contributed by atoms with Crippen LogP contribution in [0.3, 0.4) is 0 Å². The van der Waals surface area contributed by atoms with E-state index in [4.69, 9.17) is 11.6 Å². The second kappa shape index (κ2) is 8.15. The van der Waals surface area contributed by atoms with Gasteiger partial charge in [0.25, 0.3) is 0 Å². The molecule has 0 aliphatic heterocycles. The molecule has 0 aliphatic rings. The first-order chi connectivity index (χ1) is 8.92. The minimum Gasteiger partial charge on any atom is -0.313 e. The summed E-state index contributed by atoms with van der Waals surface area (Å²) in [5.41, 5.74) is 1.16. The SMILES string of the molecule is CCCNCc1ccc(Cl)cc1SCCS(C)(=O)=O. The molecular weight excluding hydrogens is 302 g/mol. The van der Waals surface area contributed by atoms with Crippen molar-refractivity contribution >= 4 is 33.2 Å². The number of hydrogen-bond donors (Lipinski definition) is 1. The van der Waals surface area contributed by atoms with Gasteiger partial charge in [-0.15, -0.1) is 11.8 Å². The van der Waals surface area contributed by atoms with E-state index in [1.807, 2.05) is 18.2 Å². The largest absolute Gasteiger partial charge is 0.313 e. The van der Waals surface area contributed by atoms with Gasteiger partial charge in [0.15, 0.2) is 0 Å². The van der Waals surface area contributed by atoms with Gasteiger partial charge >= 0.3 is 0 Å². The highest BCUT2D eigenvalue weighted by Gasteiger charge is 2.07. The molecule has 0 amide bonds. The summed E-state index contributed by atoms with van der Waals surface area (Å²) in [5.74, 6) is 0.742. The van der Waals surface area contributed by atoms with Gasteiger partial charge in [-0.1, -0.05) is 24.6 Å². The number of hydrogen-bond acceptors (Lipinski definition) is 4. The maximum absolute atomic E-state index is 11.1. The van der Waals surface area contributed by atoms with Gasteiger partial charge in [-0.25, -0.2) is 8.42 Å². The van der Waals surface area contributed by atoms with Gasteiger partial charge in [-0.2, -0.15) is 0 Å². The van der Waals surface area contributed by atoms with Crippen molar-refractivity contribution in [1.29, 1.82) is 0 Å². The maximum Gasteiger partial charge on any atom is 0.148 e. The zero-order valence-corrected chi connectivity index (χ0v) is 13.7. The van der Waals surface area contributed by atoms with Crippen LogP contribution in [0, 0.1) is 0 Å². The molecule has 6 heteroatoms. The van der Waals surface area contributed by atoms with E-state index in [1.165, 1.54) is 6.26 Å². The number of nitrogens with one attached hydrogen (secondary N) is 1. The van der Waals surface area contributed by atoms with Crippen LogP contribution in [0.25, 0.3) is 0 Å². The lowest BCUT2D eigenvalue weighted by Crippen LogP contribution is -2.14. The van der Waals surface area contributed by atoms with Gasteiger partial charge in [-0.05, 0) is 30.7 Å². The smallest absolute Gasteiger partial charge is 0.148 e. The van der Waals surface area contributed by atoms with E-state index in [-0.39, 0.29) is 5.75 Å². The van der Waals surface area contributed by atoms with Crippen molar-refractivity contribution in [3.05, 3.63) is 28.8 Å². The minimum atomic E-state index is -2.91. The standard InChI is InChI=1S/C13H20ClNO2S2/c1-3-6-15-10-11-4-5-12(14)9-13(11)18-7-8-19(2,16)17/h4-5,9,15H,3,6-8,10H2,1-2H3. The zero-order chi connectivity index (χ0) is 14.3. The first-order valence-electron chi connectivity index (χ1n) is 6.22. The third-order valence-corrected chi connectivity index (χ3v) is 5.02. The van der Waals surface area contributed by atoms with Crippen LogP contribution >= 0.6 is 23.4 Å². The molecule has 0 atom stereocenters. The monoisotopic (exact) mass is 321 g/mol. The molecule has 0 fully saturated rings. The summed E-state index contributed by atoms with van der Waals surface area (Å²) in [7, 11) is -2.91. The molecule has 3 nitrogen and oxygen atoms in total. The molecule has 1 rings (SSSR count). The third kappa shape index (κ3) is 7.20. The zero-order valence-electron chi connectivity index (χ0n) is 11.3. The molecule has 0 heterocycles. The van der Waals surface area contributed by atoms with Crippen molar-refractivity contribution in [1.82, 2.24) is 5.32 Å². The molecule has 0 saturated carbocycles. The maximum atomic E-state index is 11.1. The van der Waals surface area contributed by atoms with E-state index in [0.29, 0.717) is 10.8 Å². The lowest BCUT2D eigenvalue weighted by atomic mass is 10.2. The summed E-state index contributed by atoms with van der Waals surface area (Å²) >= 11 is 7.54. The number of thioether (sulfide) groups is 1. The van der Waals surface area contributed by atoms with Crippen molar-refractivity contribution in [2.24, 2.45) is 0 Å². The molecule has 0 aromatic heterocycles. The van der Waals surface area contributed by atoms with E-state index >= 15 is 0 Å². The summed E-state index contributed by atoms with van der Waals surface area (Å²) in [6.07, 6.45) is 2.35. The fourth-order valence-electron chi connectivity index (χ4n) is 1.51. The molecule has 0 radical (unpaired) electrons. The molecule has 1 N–H and O–H groups in total. The van der Waals surface area contributed by atoms with Crippen LogP contribution < -0.4 is 5.32 Å². The second-order valence-corrected chi connectivity index (χ2v) is 8.24. The van der Waals surface area contributed by atoms with Gasteiger partial charge in [0, 0.05) is 28.5 Å². The molecule has 108 valence electrons. The van der Waals surface area contributed by atoms with E-state index in [0.717, 1.165) is 30.0 Å². The molecule has 0 spiro atoms. The quantitative estimate of drug-likeness (QED) is 0.590. The average molecular weight is 322 g/mol. The Morgan fingerprint density at radius 1 is 1.37 bits per heavy atom. The van der Waals surface area contributed by atoms with E-state index in [1.54, 1.807) is 11.8 Å². The average Bonchev–Trinajstić information content (AvgIpc) is 2.30. The minimum absolute atomic E-state index is 0.187. The summed E-state index contributed by atoms with van der Waals surface area (Å²) in [6.45, 7) is 3.87. The normalized spacial score (nSPS) is 11.7. The van der Waals surface area contributed by atoms with Gasteiger partial charge in [0.2, 0.25) is 0 Å². The van der Waals surface area contributed by atoms with Gasteiger partial charge in [0.05, 0.1) is 5.75 Å². The number of benzene rings is 1. The first kappa shape index (κ1) is 16.8. The Bertz CT molecular complexity index is 503. The van der Waals surface area contributed by atoms with Crippen LogP contribution in [-0.2, 0) is 16.4 Å². The summed E-state index contributed by atoms with van der Waals surface area (Å²) in [5, 5.41) is 4.02. The predicted octanol–water partition coefficient (Wildman–Crippen LogP) is 2.98. The lowest BCUT2D eigenvalue weighted by Gasteiger charge is -2.10. The van der Waals surface area contributed by atoms with Gasteiger partial charge in [0.1, 0.15) is 9.84 Å². The van der Waals surface area contributed by atoms with Crippen LogP contribution in [0.2, 0.25) is 5.02 Å². The van der Waals surface area contributed by atoms with Gasteiger partial charge in [-0.3, -0.25) is 0 Å². The van der Waals surface area contributed by atoms with E-state index < -0.39 is 9.84 Å². The molecule has 0 unspecified atom stereocenters. The summed E-state index contributed by atoms with van der Waals surface area (Å²) in [4.78, 5) is 1.06. The molecule has 0 saturated heterocycles. The number of sulfone groups is 1. The summed E-state index contributed by atoms with van der Waals surface area (Å²) in [6, 6.07) is 5.76. The Labute approximate surface area is 125 Å². The molecular formula is C13H20ClNO2S2. The van der Waals surface area contributed by atoms with Crippen molar-refractivity contribution < 1.29 is 8.42 Å². The highest BCUT2D eigenvalue weighted by atomic mass is 35.5. The third-order valence-electron chi connectivity index (χ3n) is 2.48. The highest BCUT2D eigenvalue weighted by Crippen LogP contribution is 2.26. The van der Waals surface area contributed by atoms with Crippen molar-refractivity contribution in [2.45, 2.75) is 24.8 Å². The lowest BCUT2D eigenvalue weighted by molar-refractivity contribution is 0.603. The second-order valence-electron chi connectivity index (χ2n) is 4.41. The summed E-state index contributed by atoms with van der Waals surface area (Å²) < 4.78 is 22.3. The molecule has 0 bridgehead atoms. The molecule has 19 heavy (non-hydrogen) atoms. The van der Waals surface area contributed by atoms with Crippen molar-refractivity contribution in [3.63, 3.8) is 0 Å². The Kier molecular flexibility index (Phi) is 7.21. The number of rotatable bonds is 8. The fourth-order valence-corrected chi connectivity index (χ4v) is 4.05. The Hall–Kier alpha value is -0.230. The fraction of sp³-hybridized carbons (Fsp3) is 0.538. The van der Waals surface area contributed by atoms with E-state index in [2.05, 4.69) is 12.2 Å². The first-order valence-corrected chi connectivity index (χ1v) is 9.64. The van der Waals surface area contributed by atoms with Crippen LogP contribution in [0.1, 0.15) is 18.9 Å². The number of halogens is 1. The Morgan fingerprint density at radius 3 is 2.74 bits per heavy atom. The topological polar surface area (TPSA) is 46.2 Å². The van der Waals surface area contributed by atoms with Crippen LogP contribution in [0.15, 0.2) is 23.1 Å². The van der Waals surface area contributed by atoms with Gasteiger partial charge < -0.3 is 5.32 Å². The van der Waals surface area contributed by atoms with Crippen LogP contribution in [0.4, 0.5) is 0 Å². The van der Waals surface area contributed by atoms with Crippen molar-refractivity contribution in [3.8, 4) is 0 Å². The molecule has 0 aliphatic carbocycles. The predicted molar refractivity (Wildman–Crippen MR) is 83.9 cm³/mol. The van der Waals surface area contributed by atoms with Crippen molar-refractivity contribution in [2.75, 3.05) is 24.3 Å². The molecule has 1 aromatic carbocycles. The molecule has 1 aromatic rings. The van der Waals surface area contributed by atoms with E-state index in [9.17, 15) is 8.42 Å².